The number of carbonyl (C=O) groups excluding carboxylic acids is 2. The Hall–Kier alpha value is -3.24. The molecule has 4 rings (SSSR count). The molecule has 0 radical (unpaired) electrons. The Morgan fingerprint density at radius 2 is 2.00 bits per heavy atom. The number of anilines is 2. The molecule has 0 bridgehead atoms. The van der Waals surface area contributed by atoms with Gasteiger partial charge in [-0.25, -0.2) is 9.78 Å². The number of hydrogen-bond donors (Lipinski definition) is 0. The molecule has 8 nitrogen and oxygen atoms in total. The molecule has 0 N–H and O–H groups in total. The van der Waals surface area contributed by atoms with Crippen molar-refractivity contribution in [3.63, 3.8) is 0 Å². The topological polar surface area (TPSA) is 86.5 Å². The first kappa shape index (κ1) is 23.9. The summed E-state index contributed by atoms with van der Waals surface area (Å²) in [6.45, 7) is 8.49. The van der Waals surface area contributed by atoms with Gasteiger partial charge in [-0.15, -0.1) is 22.7 Å². The van der Waals surface area contributed by atoms with Crippen LogP contribution in [0.2, 0.25) is 0 Å². The quantitative estimate of drug-likeness (QED) is 0.295. The lowest BCUT2D eigenvalue weighted by molar-refractivity contribution is -0.115. The summed E-state index contributed by atoms with van der Waals surface area (Å²) in [5, 5.41) is 7.82. The molecule has 10 heteroatoms. The maximum atomic E-state index is 12.7. The average molecular weight is 499 g/mol. The number of rotatable bonds is 8. The van der Waals surface area contributed by atoms with Crippen molar-refractivity contribution in [3.05, 3.63) is 52.0 Å². The SMILES string of the molecule is COc1ccccc1N(C(C)=O)c1nc(COC(=O)c2cc3c(C)nn(CC(C)C)c3s2)cs1. The van der Waals surface area contributed by atoms with Crippen molar-refractivity contribution in [3.8, 4) is 5.75 Å². The molecule has 4 aromatic rings. The van der Waals surface area contributed by atoms with Gasteiger partial charge in [0.05, 0.1) is 24.2 Å². The molecule has 1 amide bonds. The molecule has 3 aromatic heterocycles. The molecular weight excluding hydrogens is 472 g/mol. The van der Waals surface area contributed by atoms with Crippen molar-refractivity contribution in [2.45, 2.75) is 40.8 Å². The van der Waals surface area contributed by atoms with Gasteiger partial charge in [0.15, 0.2) is 5.13 Å². The predicted octanol–water partition coefficient (Wildman–Crippen LogP) is 5.57. The van der Waals surface area contributed by atoms with Crippen molar-refractivity contribution in [2.75, 3.05) is 12.0 Å². The van der Waals surface area contributed by atoms with Crippen LogP contribution >= 0.6 is 22.7 Å². The molecule has 0 aliphatic heterocycles. The summed E-state index contributed by atoms with van der Waals surface area (Å²) in [6, 6.07) is 9.09. The van der Waals surface area contributed by atoms with Crippen LogP contribution in [-0.4, -0.2) is 33.8 Å². The molecule has 3 heterocycles. The van der Waals surface area contributed by atoms with E-state index in [1.165, 1.54) is 34.5 Å². The lowest BCUT2D eigenvalue weighted by Crippen LogP contribution is -2.23. The predicted molar refractivity (Wildman–Crippen MR) is 134 cm³/mol. The number of thiophene rings is 1. The molecule has 0 aliphatic rings. The number of methoxy groups -OCH3 is 1. The van der Waals surface area contributed by atoms with E-state index in [0.29, 0.717) is 33.1 Å². The van der Waals surface area contributed by atoms with Crippen LogP contribution in [0.3, 0.4) is 0 Å². The van der Waals surface area contributed by atoms with Gasteiger partial charge in [-0.05, 0) is 31.0 Å². The Labute approximate surface area is 205 Å². The van der Waals surface area contributed by atoms with E-state index >= 15 is 0 Å². The smallest absolute Gasteiger partial charge is 0.348 e. The standard InChI is InChI=1S/C24H26N4O4S2/c1-14(2)11-27-22-18(15(3)26-27)10-21(34-22)23(30)32-12-17-13-33-24(25-17)28(16(4)29)19-8-6-7-9-20(19)31-5/h6-10,13-14H,11-12H2,1-5H3. The van der Waals surface area contributed by atoms with E-state index < -0.39 is 5.97 Å². The summed E-state index contributed by atoms with van der Waals surface area (Å²) in [7, 11) is 1.56. The van der Waals surface area contributed by atoms with E-state index in [4.69, 9.17) is 9.47 Å². The normalized spacial score (nSPS) is 11.2. The zero-order valence-electron chi connectivity index (χ0n) is 19.7. The fourth-order valence-corrected chi connectivity index (χ4v) is 5.51. The third kappa shape index (κ3) is 4.83. The molecule has 1 aromatic carbocycles. The van der Waals surface area contributed by atoms with Gasteiger partial charge < -0.3 is 9.47 Å². The van der Waals surface area contributed by atoms with Gasteiger partial charge in [0.25, 0.3) is 0 Å². The summed E-state index contributed by atoms with van der Waals surface area (Å²) in [4.78, 5) is 32.7. The molecule has 0 fully saturated rings. The van der Waals surface area contributed by atoms with E-state index in [1.807, 2.05) is 29.8 Å². The summed E-state index contributed by atoms with van der Waals surface area (Å²) < 4.78 is 12.9. The molecule has 0 aliphatic carbocycles. The number of thiazole rings is 1. The highest BCUT2D eigenvalue weighted by atomic mass is 32.1. The number of aryl methyl sites for hydroxylation is 1. The van der Waals surface area contributed by atoms with Crippen molar-refractivity contribution in [1.29, 1.82) is 0 Å². The number of para-hydroxylation sites is 2. The first-order valence-corrected chi connectivity index (χ1v) is 12.5. The molecule has 34 heavy (non-hydrogen) atoms. The van der Waals surface area contributed by atoms with Gasteiger partial charge in [-0.2, -0.15) is 5.10 Å². The Kier molecular flexibility index (Phi) is 6.99. The van der Waals surface area contributed by atoms with Gasteiger partial charge in [0.2, 0.25) is 5.91 Å². The Morgan fingerprint density at radius 3 is 2.71 bits per heavy atom. The lowest BCUT2D eigenvalue weighted by atomic mass is 10.2. The largest absolute Gasteiger partial charge is 0.495 e. The van der Waals surface area contributed by atoms with E-state index in [1.54, 1.807) is 24.6 Å². The molecule has 0 spiro atoms. The number of hydrogen-bond acceptors (Lipinski definition) is 8. The molecule has 178 valence electrons. The molecule has 0 saturated heterocycles. The number of esters is 1. The molecule has 0 unspecified atom stereocenters. The summed E-state index contributed by atoms with van der Waals surface area (Å²) in [6.07, 6.45) is 0. The Bertz CT molecular complexity index is 1340. The maximum absolute atomic E-state index is 12.7. The van der Waals surface area contributed by atoms with E-state index in [-0.39, 0.29) is 12.5 Å². The van der Waals surface area contributed by atoms with Crippen molar-refractivity contribution >= 4 is 55.6 Å². The molecular formula is C24H26N4O4S2. The molecule has 0 saturated carbocycles. The zero-order chi connectivity index (χ0) is 24.4. The van der Waals surface area contributed by atoms with E-state index in [0.717, 1.165) is 22.5 Å². The van der Waals surface area contributed by atoms with Crippen LogP contribution in [0.4, 0.5) is 10.8 Å². The minimum Gasteiger partial charge on any atom is -0.495 e. The average Bonchev–Trinajstić information content (AvgIpc) is 3.50. The number of aromatic nitrogens is 3. The second-order valence-electron chi connectivity index (χ2n) is 8.21. The number of fused-ring (bicyclic) bond motifs is 1. The number of benzene rings is 1. The fourth-order valence-electron chi connectivity index (χ4n) is 3.58. The van der Waals surface area contributed by atoms with Crippen LogP contribution in [0.1, 0.15) is 41.8 Å². The highest BCUT2D eigenvalue weighted by molar-refractivity contribution is 7.20. The number of ether oxygens (including phenoxy) is 2. The van der Waals surface area contributed by atoms with Gasteiger partial charge >= 0.3 is 5.97 Å². The summed E-state index contributed by atoms with van der Waals surface area (Å²) >= 11 is 2.69. The van der Waals surface area contributed by atoms with Gasteiger partial charge in [-0.3, -0.25) is 14.4 Å². The number of carbonyl (C=O) groups is 2. The zero-order valence-corrected chi connectivity index (χ0v) is 21.3. The minimum atomic E-state index is -0.403. The van der Waals surface area contributed by atoms with Crippen LogP contribution in [-0.2, 0) is 22.7 Å². The van der Waals surface area contributed by atoms with E-state index in [2.05, 4.69) is 23.9 Å². The van der Waals surface area contributed by atoms with Gasteiger partial charge in [0, 0.05) is 24.2 Å². The second kappa shape index (κ2) is 9.94. The first-order valence-electron chi connectivity index (χ1n) is 10.8. The number of nitrogens with zero attached hydrogens (tertiary/aromatic N) is 4. The van der Waals surface area contributed by atoms with Crippen LogP contribution in [0, 0.1) is 12.8 Å². The lowest BCUT2D eigenvalue weighted by Gasteiger charge is -2.20. The van der Waals surface area contributed by atoms with Gasteiger partial charge in [-0.1, -0.05) is 26.0 Å². The number of amides is 1. The van der Waals surface area contributed by atoms with Crippen LogP contribution in [0.25, 0.3) is 10.2 Å². The highest BCUT2D eigenvalue weighted by Crippen LogP contribution is 2.35. The van der Waals surface area contributed by atoms with Crippen molar-refractivity contribution in [2.24, 2.45) is 5.92 Å². The van der Waals surface area contributed by atoms with Crippen molar-refractivity contribution < 1.29 is 19.1 Å². The minimum absolute atomic E-state index is 0.0123. The van der Waals surface area contributed by atoms with Crippen LogP contribution < -0.4 is 9.64 Å². The third-order valence-electron chi connectivity index (χ3n) is 5.07. The highest BCUT2D eigenvalue weighted by Gasteiger charge is 2.22. The fraction of sp³-hybridized carbons (Fsp3) is 0.333. The Balaban J connectivity index is 1.49. The van der Waals surface area contributed by atoms with Gasteiger partial charge in [0.1, 0.15) is 22.1 Å². The second-order valence-corrected chi connectivity index (χ2v) is 10.1. The summed E-state index contributed by atoms with van der Waals surface area (Å²) in [5.74, 6) is 0.416. The van der Waals surface area contributed by atoms with Crippen molar-refractivity contribution in [1.82, 2.24) is 14.8 Å². The van der Waals surface area contributed by atoms with Crippen LogP contribution in [0.15, 0.2) is 35.7 Å². The van der Waals surface area contributed by atoms with Crippen LogP contribution in [0.5, 0.6) is 5.75 Å². The maximum Gasteiger partial charge on any atom is 0.348 e. The molecule has 0 atom stereocenters. The summed E-state index contributed by atoms with van der Waals surface area (Å²) in [5.41, 5.74) is 2.07. The third-order valence-corrected chi connectivity index (χ3v) is 7.07. The first-order chi connectivity index (χ1) is 16.3. The van der Waals surface area contributed by atoms with E-state index in [9.17, 15) is 9.59 Å². The Morgan fingerprint density at radius 1 is 1.24 bits per heavy atom. The monoisotopic (exact) mass is 498 g/mol.